The summed E-state index contributed by atoms with van der Waals surface area (Å²) in [6.45, 7) is 8.15. The molecular weight excluding hydrogens is 384 g/mol. The van der Waals surface area contributed by atoms with E-state index in [0.29, 0.717) is 28.7 Å². The Kier molecular flexibility index (Phi) is 6.63. The quantitative estimate of drug-likeness (QED) is 0.684. The molecule has 5 nitrogen and oxygen atoms in total. The van der Waals surface area contributed by atoms with Crippen LogP contribution < -0.4 is 15.8 Å². The molecule has 0 radical (unpaired) electrons. The van der Waals surface area contributed by atoms with Crippen LogP contribution in [0.2, 0.25) is 0 Å². The lowest BCUT2D eigenvalue weighted by Gasteiger charge is -2.20. The van der Waals surface area contributed by atoms with Crippen molar-refractivity contribution in [2.75, 3.05) is 5.32 Å². The highest BCUT2D eigenvalue weighted by Gasteiger charge is 2.29. The van der Waals surface area contributed by atoms with E-state index in [9.17, 15) is 9.59 Å². The summed E-state index contributed by atoms with van der Waals surface area (Å²) < 4.78 is 5.95. The van der Waals surface area contributed by atoms with Crippen molar-refractivity contribution >= 4 is 28.2 Å². The smallest absolute Gasteiger partial charge is 0.266 e. The maximum atomic E-state index is 12.9. The van der Waals surface area contributed by atoms with Gasteiger partial charge in [-0.1, -0.05) is 26.3 Å². The molecular formula is C23H30N2O3S. The summed E-state index contributed by atoms with van der Waals surface area (Å²) in [5, 5.41) is 3.49. The molecule has 1 aliphatic carbocycles. The van der Waals surface area contributed by atoms with Gasteiger partial charge in [0.25, 0.3) is 11.8 Å². The van der Waals surface area contributed by atoms with E-state index in [2.05, 4.69) is 12.2 Å². The van der Waals surface area contributed by atoms with E-state index in [1.54, 1.807) is 0 Å². The van der Waals surface area contributed by atoms with Gasteiger partial charge in [0, 0.05) is 4.88 Å². The summed E-state index contributed by atoms with van der Waals surface area (Å²) in [5.74, 6) is 0.568. The molecule has 156 valence electrons. The second-order valence-electron chi connectivity index (χ2n) is 7.84. The number of primary amides is 1. The number of nitrogens with two attached hydrogens (primary N) is 1. The first-order valence-electron chi connectivity index (χ1n) is 10.3. The highest BCUT2D eigenvalue weighted by atomic mass is 32.1. The minimum atomic E-state index is -0.639. The van der Waals surface area contributed by atoms with Crippen molar-refractivity contribution in [3.63, 3.8) is 0 Å². The van der Waals surface area contributed by atoms with Crippen LogP contribution in [0.3, 0.4) is 0 Å². The van der Waals surface area contributed by atoms with Crippen LogP contribution in [0.25, 0.3) is 0 Å². The zero-order valence-electron chi connectivity index (χ0n) is 17.6. The van der Waals surface area contributed by atoms with Crippen LogP contribution in [0.1, 0.15) is 65.0 Å². The average molecular weight is 415 g/mol. The Balaban J connectivity index is 1.80. The fourth-order valence-corrected chi connectivity index (χ4v) is 5.19. The van der Waals surface area contributed by atoms with Crippen molar-refractivity contribution in [1.29, 1.82) is 0 Å². The fourth-order valence-electron chi connectivity index (χ4n) is 3.82. The van der Waals surface area contributed by atoms with Gasteiger partial charge in [0.2, 0.25) is 0 Å². The number of nitrogens with one attached hydrogen (secondary N) is 1. The Bertz CT molecular complexity index is 919. The molecule has 0 saturated heterocycles. The molecule has 2 amide bonds. The lowest BCUT2D eigenvalue weighted by molar-refractivity contribution is -0.122. The second kappa shape index (κ2) is 8.99. The topological polar surface area (TPSA) is 81.4 Å². The molecule has 0 fully saturated rings. The third-order valence-electron chi connectivity index (χ3n) is 5.85. The number of hydrogen-bond donors (Lipinski definition) is 2. The lowest BCUT2D eigenvalue weighted by Crippen LogP contribution is -2.32. The number of amides is 2. The first kappa shape index (κ1) is 21.4. The molecule has 0 aliphatic heterocycles. The maximum Gasteiger partial charge on any atom is 0.266 e. The van der Waals surface area contributed by atoms with Crippen molar-refractivity contribution in [2.45, 2.75) is 65.9 Å². The Hall–Kier alpha value is -2.34. The van der Waals surface area contributed by atoms with E-state index >= 15 is 0 Å². The van der Waals surface area contributed by atoms with Crippen LogP contribution in [0.4, 0.5) is 5.00 Å². The number of hydrogen-bond acceptors (Lipinski definition) is 4. The minimum absolute atomic E-state index is 0.251. The van der Waals surface area contributed by atoms with Crippen molar-refractivity contribution in [3.05, 3.63) is 45.3 Å². The zero-order valence-corrected chi connectivity index (χ0v) is 18.4. The van der Waals surface area contributed by atoms with E-state index in [1.165, 1.54) is 21.8 Å². The molecule has 0 bridgehead atoms. The number of aryl methyl sites for hydroxylation is 2. The van der Waals surface area contributed by atoms with Gasteiger partial charge in [-0.2, -0.15) is 0 Å². The highest BCUT2D eigenvalue weighted by molar-refractivity contribution is 7.17. The van der Waals surface area contributed by atoms with Gasteiger partial charge in [0.05, 0.1) is 5.56 Å². The van der Waals surface area contributed by atoms with Gasteiger partial charge in [-0.05, 0) is 74.3 Å². The van der Waals surface area contributed by atoms with Gasteiger partial charge in [0.15, 0.2) is 6.10 Å². The average Bonchev–Trinajstić information content (AvgIpc) is 3.05. The SMILES string of the molecule is CC[C@H]1CCc2c(sc(NC(=O)[C@@H](CC)Oc3ccc(C)c(C)c3)c2C(N)=O)C1. The number of carbonyl (C=O) groups is 2. The molecule has 3 rings (SSSR count). The molecule has 0 spiro atoms. The van der Waals surface area contributed by atoms with Crippen LogP contribution in [0.5, 0.6) is 5.75 Å². The molecule has 29 heavy (non-hydrogen) atoms. The van der Waals surface area contributed by atoms with Gasteiger partial charge >= 0.3 is 0 Å². The zero-order chi connectivity index (χ0) is 21.1. The summed E-state index contributed by atoms with van der Waals surface area (Å²) in [4.78, 5) is 26.2. The summed E-state index contributed by atoms with van der Waals surface area (Å²) in [6, 6.07) is 5.80. The van der Waals surface area contributed by atoms with Gasteiger partial charge < -0.3 is 15.8 Å². The third-order valence-corrected chi connectivity index (χ3v) is 7.02. The molecule has 1 aromatic heterocycles. The van der Waals surface area contributed by atoms with E-state index in [1.807, 2.05) is 39.0 Å². The van der Waals surface area contributed by atoms with Gasteiger partial charge in [-0.15, -0.1) is 11.3 Å². The maximum absolute atomic E-state index is 12.9. The van der Waals surface area contributed by atoms with E-state index in [-0.39, 0.29) is 5.91 Å². The van der Waals surface area contributed by atoms with Crippen molar-refractivity contribution in [3.8, 4) is 5.75 Å². The van der Waals surface area contributed by atoms with E-state index < -0.39 is 12.0 Å². The molecule has 6 heteroatoms. The van der Waals surface area contributed by atoms with Crippen LogP contribution in [0, 0.1) is 19.8 Å². The number of benzene rings is 1. The molecule has 2 aromatic rings. The van der Waals surface area contributed by atoms with Crippen LogP contribution in [-0.2, 0) is 17.6 Å². The standard InChI is InChI=1S/C23H30N2O3S/c1-5-15-8-10-17-19(12-15)29-23(20(17)21(24)26)25-22(27)18(6-2)28-16-9-7-13(3)14(4)11-16/h7,9,11,15,18H,5-6,8,10,12H2,1-4H3,(H2,24,26)(H,25,27)/t15-,18+/m0/s1. The van der Waals surface area contributed by atoms with E-state index in [4.69, 9.17) is 10.5 Å². The Morgan fingerprint density at radius 3 is 2.66 bits per heavy atom. The molecule has 1 aromatic carbocycles. The van der Waals surface area contributed by atoms with E-state index in [0.717, 1.165) is 36.8 Å². The number of anilines is 1. The summed E-state index contributed by atoms with van der Waals surface area (Å²) >= 11 is 1.49. The predicted octanol–water partition coefficient (Wildman–Crippen LogP) is 4.77. The molecule has 0 unspecified atom stereocenters. The molecule has 1 aliphatic rings. The second-order valence-corrected chi connectivity index (χ2v) is 8.94. The number of carbonyl (C=O) groups excluding carboxylic acids is 2. The number of thiophene rings is 1. The van der Waals surface area contributed by atoms with Crippen molar-refractivity contribution in [2.24, 2.45) is 11.7 Å². The Labute approximate surface area is 176 Å². The predicted molar refractivity (Wildman–Crippen MR) is 118 cm³/mol. The highest BCUT2D eigenvalue weighted by Crippen LogP contribution is 2.40. The first-order chi connectivity index (χ1) is 13.8. The van der Waals surface area contributed by atoms with Crippen LogP contribution in [-0.4, -0.2) is 17.9 Å². The lowest BCUT2D eigenvalue weighted by atomic mass is 9.85. The fraction of sp³-hybridized carbons (Fsp3) is 0.478. The van der Waals surface area contributed by atoms with Crippen LogP contribution >= 0.6 is 11.3 Å². The van der Waals surface area contributed by atoms with Crippen molar-refractivity contribution < 1.29 is 14.3 Å². The Morgan fingerprint density at radius 1 is 1.28 bits per heavy atom. The van der Waals surface area contributed by atoms with Gasteiger partial charge in [-0.25, -0.2) is 0 Å². The summed E-state index contributed by atoms with van der Waals surface area (Å²) in [6.07, 6.45) is 3.85. The minimum Gasteiger partial charge on any atom is -0.481 e. The molecule has 1 heterocycles. The summed E-state index contributed by atoms with van der Waals surface area (Å²) in [5.41, 5.74) is 9.47. The normalized spacial score (nSPS) is 16.8. The van der Waals surface area contributed by atoms with Crippen LogP contribution in [0.15, 0.2) is 18.2 Å². The number of fused-ring (bicyclic) bond motifs is 1. The van der Waals surface area contributed by atoms with Gasteiger partial charge in [-0.3, -0.25) is 9.59 Å². The monoisotopic (exact) mass is 414 g/mol. The van der Waals surface area contributed by atoms with Crippen molar-refractivity contribution in [1.82, 2.24) is 0 Å². The number of rotatable bonds is 7. The molecule has 3 N–H and O–H groups in total. The van der Waals surface area contributed by atoms with Gasteiger partial charge in [0.1, 0.15) is 10.8 Å². The summed E-state index contributed by atoms with van der Waals surface area (Å²) in [7, 11) is 0. The Morgan fingerprint density at radius 2 is 2.03 bits per heavy atom. The largest absolute Gasteiger partial charge is 0.481 e. The molecule has 0 saturated carbocycles. The molecule has 2 atom stereocenters. The number of ether oxygens (including phenoxy) is 1. The first-order valence-corrected chi connectivity index (χ1v) is 11.1. The third kappa shape index (κ3) is 4.64.